The first-order valence-electron chi connectivity index (χ1n) is 5.45. The fraction of sp³-hybridized carbons (Fsp3) is 0.417. The average Bonchev–Trinajstić information content (AvgIpc) is 2.26. The van der Waals surface area contributed by atoms with E-state index in [-0.39, 0.29) is 0 Å². The third-order valence-electron chi connectivity index (χ3n) is 2.12. The number of nitrogens with one attached hydrogen (secondary N) is 1. The van der Waals surface area contributed by atoms with Crippen LogP contribution in [0, 0.1) is 0 Å². The van der Waals surface area contributed by atoms with Crippen LogP contribution >= 0.6 is 0 Å². The van der Waals surface area contributed by atoms with Crippen molar-refractivity contribution < 1.29 is 14.6 Å². The lowest BCUT2D eigenvalue weighted by atomic mass is 10.2. The Morgan fingerprint density at radius 2 is 2.00 bits per heavy atom. The minimum Gasteiger partial charge on any atom is -0.494 e. The fourth-order valence-electron chi connectivity index (χ4n) is 1.30. The summed E-state index contributed by atoms with van der Waals surface area (Å²) in [5, 5.41) is 10.8. The number of carbonyl (C=O) groups is 1. The van der Waals surface area contributed by atoms with Crippen LogP contribution in [0.3, 0.4) is 0 Å². The summed E-state index contributed by atoms with van der Waals surface area (Å²) < 4.78 is 5.49. The summed E-state index contributed by atoms with van der Waals surface area (Å²) in [6, 6.07) is 6.89. The van der Waals surface area contributed by atoms with E-state index in [4.69, 9.17) is 9.84 Å². The second kappa shape index (κ2) is 6.71. The van der Waals surface area contributed by atoms with Gasteiger partial charge < -0.3 is 9.84 Å². The lowest BCUT2D eigenvalue weighted by Gasteiger charge is -2.06. The highest BCUT2D eigenvalue weighted by Crippen LogP contribution is 2.15. The van der Waals surface area contributed by atoms with Crippen molar-refractivity contribution >= 4 is 11.8 Å². The van der Waals surface area contributed by atoms with Crippen molar-refractivity contribution in [2.45, 2.75) is 26.2 Å². The van der Waals surface area contributed by atoms with Crippen molar-refractivity contribution in [3.05, 3.63) is 24.3 Å². The summed E-state index contributed by atoms with van der Waals surface area (Å²) in [5.74, 6) is 0.770. The van der Waals surface area contributed by atoms with Crippen LogP contribution in [0.4, 0.5) is 10.5 Å². The maximum atomic E-state index is 10.4. The molecule has 0 saturated heterocycles. The maximum Gasteiger partial charge on any atom is 0.409 e. The highest BCUT2D eigenvalue weighted by atomic mass is 16.5. The number of hydrogen-bond acceptors (Lipinski definition) is 2. The number of unbranched alkanes of at least 4 members (excludes halogenated alkanes) is 2. The SMILES string of the molecule is CCCCCOc1ccc(NC(=O)O)cc1. The molecule has 2 N–H and O–H groups in total. The highest BCUT2D eigenvalue weighted by Gasteiger charge is 1.98. The minimum absolute atomic E-state index is 0.549. The molecule has 1 aromatic rings. The van der Waals surface area contributed by atoms with E-state index in [2.05, 4.69) is 12.2 Å². The summed E-state index contributed by atoms with van der Waals surface area (Å²) in [4.78, 5) is 10.4. The molecule has 1 rings (SSSR count). The normalized spacial score (nSPS) is 9.81. The van der Waals surface area contributed by atoms with Crippen molar-refractivity contribution in [2.24, 2.45) is 0 Å². The summed E-state index contributed by atoms with van der Waals surface area (Å²) in [6.45, 7) is 2.85. The van der Waals surface area contributed by atoms with Crippen LogP contribution in [0.2, 0.25) is 0 Å². The van der Waals surface area contributed by atoms with E-state index in [0.29, 0.717) is 12.3 Å². The van der Waals surface area contributed by atoms with Crippen LogP contribution in [0.5, 0.6) is 5.75 Å². The van der Waals surface area contributed by atoms with Gasteiger partial charge >= 0.3 is 6.09 Å². The van der Waals surface area contributed by atoms with Gasteiger partial charge in [0.05, 0.1) is 6.61 Å². The van der Waals surface area contributed by atoms with E-state index in [9.17, 15) is 4.79 Å². The number of hydrogen-bond donors (Lipinski definition) is 2. The lowest BCUT2D eigenvalue weighted by molar-refractivity contribution is 0.209. The van der Waals surface area contributed by atoms with Gasteiger partial charge in [0.1, 0.15) is 5.75 Å². The molecule has 0 aromatic heterocycles. The smallest absolute Gasteiger partial charge is 0.409 e. The number of rotatable bonds is 6. The van der Waals surface area contributed by atoms with E-state index >= 15 is 0 Å². The molecule has 0 aliphatic rings. The van der Waals surface area contributed by atoms with Gasteiger partial charge in [-0.1, -0.05) is 19.8 Å². The van der Waals surface area contributed by atoms with Crippen molar-refractivity contribution in [1.82, 2.24) is 0 Å². The van der Waals surface area contributed by atoms with Crippen molar-refractivity contribution in [3.8, 4) is 5.75 Å². The van der Waals surface area contributed by atoms with Crippen LogP contribution in [-0.4, -0.2) is 17.8 Å². The zero-order valence-corrected chi connectivity index (χ0v) is 9.40. The molecule has 1 aromatic carbocycles. The van der Waals surface area contributed by atoms with Crippen LogP contribution in [0.15, 0.2) is 24.3 Å². The second-order valence-electron chi connectivity index (χ2n) is 3.51. The van der Waals surface area contributed by atoms with Crippen molar-refractivity contribution in [1.29, 1.82) is 0 Å². The zero-order valence-electron chi connectivity index (χ0n) is 9.40. The van der Waals surface area contributed by atoms with Gasteiger partial charge in [-0.25, -0.2) is 4.79 Å². The van der Waals surface area contributed by atoms with Gasteiger partial charge in [0, 0.05) is 5.69 Å². The standard InChI is InChI=1S/C12H17NO3/c1-2-3-4-9-16-11-7-5-10(6-8-11)13-12(14)15/h5-8,13H,2-4,9H2,1H3,(H,14,15). The van der Waals surface area contributed by atoms with Gasteiger partial charge in [-0.15, -0.1) is 0 Å². The first-order chi connectivity index (χ1) is 7.72. The molecule has 16 heavy (non-hydrogen) atoms. The molecule has 0 atom stereocenters. The predicted octanol–water partition coefficient (Wildman–Crippen LogP) is 3.35. The van der Waals surface area contributed by atoms with Gasteiger partial charge in [0.25, 0.3) is 0 Å². The van der Waals surface area contributed by atoms with Crippen LogP contribution in [-0.2, 0) is 0 Å². The molecule has 0 saturated carbocycles. The topological polar surface area (TPSA) is 58.6 Å². The molecule has 0 aliphatic heterocycles. The highest BCUT2D eigenvalue weighted by molar-refractivity contribution is 5.82. The molecule has 88 valence electrons. The Kier molecular flexibility index (Phi) is 5.19. The zero-order chi connectivity index (χ0) is 11.8. The quantitative estimate of drug-likeness (QED) is 0.727. The predicted molar refractivity (Wildman–Crippen MR) is 63.1 cm³/mol. The Bertz CT molecular complexity index is 322. The van der Waals surface area contributed by atoms with Gasteiger partial charge in [0.15, 0.2) is 0 Å². The second-order valence-corrected chi connectivity index (χ2v) is 3.51. The molecular weight excluding hydrogens is 206 g/mol. The third kappa shape index (κ3) is 4.68. The van der Waals surface area contributed by atoms with Crippen molar-refractivity contribution in [2.75, 3.05) is 11.9 Å². The molecule has 0 heterocycles. The van der Waals surface area contributed by atoms with E-state index in [1.54, 1.807) is 24.3 Å². The maximum absolute atomic E-state index is 10.4. The molecule has 0 radical (unpaired) electrons. The van der Waals surface area contributed by atoms with Crippen LogP contribution in [0.25, 0.3) is 0 Å². The Morgan fingerprint density at radius 1 is 1.31 bits per heavy atom. The molecule has 0 aliphatic carbocycles. The monoisotopic (exact) mass is 223 g/mol. The van der Waals surface area contributed by atoms with Gasteiger partial charge in [-0.3, -0.25) is 5.32 Å². The van der Waals surface area contributed by atoms with Gasteiger partial charge in [0.2, 0.25) is 0 Å². The Labute approximate surface area is 95.2 Å². The van der Waals surface area contributed by atoms with E-state index in [1.165, 1.54) is 12.8 Å². The molecule has 0 fully saturated rings. The molecule has 4 nitrogen and oxygen atoms in total. The molecule has 0 unspecified atom stereocenters. The summed E-state index contributed by atoms with van der Waals surface area (Å²) in [7, 11) is 0. The molecule has 4 heteroatoms. The fourth-order valence-corrected chi connectivity index (χ4v) is 1.30. The number of anilines is 1. The molecule has 0 spiro atoms. The largest absolute Gasteiger partial charge is 0.494 e. The lowest BCUT2D eigenvalue weighted by Crippen LogP contribution is -2.06. The van der Waals surface area contributed by atoms with Gasteiger partial charge in [-0.2, -0.15) is 0 Å². The molecule has 1 amide bonds. The Morgan fingerprint density at radius 3 is 2.56 bits per heavy atom. The summed E-state index contributed by atoms with van der Waals surface area (Å²) >= 11 is 0. The van der Waals surface area contributed by atoms with E-state index in [0.717, 1.165) is 12.2 Å². The summed E-state index contributed by atoms with van der Waals surface area (Å²) in [6.07, 6.45) is 2.33. The van der Waals surface area contributed by atoms with Gasteiger partial charge in [-0.05, 0) is 30.7 Å². The van der Waals surface area contributed by atoms with Crippen LogP contribution < -0.4 is 10.1 Å². The average molecular weight is 223 g/mol. The first kappa shape index (κ1) is 12.4. The summed E-state index contributed by atoms with van der Waals surface area (Å²) in [5.41, 5.74) is 0.549. The number of amides is 1. The minimum atomic E-state index is -1.06. The van der Waals surface area contributed by atoms with Crippen molar-refractivity contribution in [3.63, 3.8) is 0 Å². The number of benzene rings is 1. The number of carboxylic acid groups (broad SMARTS) is 1. The molecular formula is C12H17NO3. The molecule has 0 bridgehead atoms. The Balaban J connectivity index is 2.36. The number of ether oxygens (including phenoxy) is 1. The first-order valence-corrected chi connectivity index (χ1v) is 5.45. The van der Waals surface area contributed by atoms with E-state index in [1.807, 2.05) is 0 Å². The Hall–Kier alpha value is -1.71. The van der Waals surface area contributed by atoms with Crippen LogP contribution in [0.1, 0.15) is 26.2 Å². The van der Waals surface area contributed by atoms with E-state index < -0.39 is 6.09 Å². The third-order valence-corrected chi connectivity index (χ3v) is 2.12.